The molecule has 0 bridgehead atoms. The first-order valence-electron chi connectivity index (χ1n) is 7.78. The Labute approximate surface area is 138 Å². The molecule has 0 aromatic carbocycles. The summed E-state index contributed by atoms with van der Waals surface area (Å²) in [6, 6.07) is 1.99. The highest BCUT2D eigenvalue weighted by molar-refractivity contribution is 5.50. The molecule has 1 saturated heterocycles. The second-order valence-electron chi connectivity index (χ2n) is 5.80. The zero-order chi connectivity index (χ0) is 16.7. The van der Waals surface area contributed by atoms with Crippen LogP contribution in [0.1, 0.15) is 11.4 Å². The van der Waals surface area contributed by atoms with E-state index in [4.69, 9.17) is 0 Å². The maximum absolute atomic E-state index is 14.2. The molecule has 3 aromatic rings. The Kier molecular flexibility index (Phi) is 3.47. The van der Waals surface area contributed by atoms with Crippen LogP contribution in [0.25, 0.3) is 5.78 Å². The van der Waals surface area contributed by atoms with Gasteiger partial charge in [-0.1, -0.05) is 0 Å². The molecular formula is C15H17FN8. The zero-order valence-electron chi connectivity index (χ0n) is 13.5. The molecule has 0 spiro atoms. The fourth-order valence-corrected chi connectivity index (χ4v) is 2.95. The summed E-state index contributed by atoms with van der Waals surface area (Å²) in [4.78, 5) is 20.7. The van der Waals surface area contributed by atoms with Crippen molar-refractivity contribution in [3.8, 4) is 0 Å². The first-order chi connectivity index (χ1) is 11.6. The number of aryl methyl sites for hydroxylation is 2. The topological polar surface area (TPSA) is 75.3 Å². The predicted octanol–water partition coefficient (Wildman–Crippen LogP) is 0.997. The van der Waals surface area contributed by atoms with Gasteiger partial charge in [-0.15, -0.1) is 0 Å². The van der Waals surface area contributed by atoms with Gasteiger partial charge < -0.3 is 9.80 Å². The molecular weight excluding hydrogens is 311 g/mol. The molecule has 0 atom stereocenters. The van der Waals surface area contributed by atoms with Gasteiger partial charge in [-0.05, 0) is 13.8 Å². The first kappa shape index (κ1) is 14.7. The normalized spacial score (nSPS) is 15.3. The third kappa shape index (κ3) is 2.41. The number of nitrogens with zero attached hydrogens (tertiary/aromatic N) is 8. The lowest BCUT2D eigenvalue weighted by molar-refractivity contribution is 0.571. The molecule has 0 radical (unpaired) electrons. The van der Waals surface area contributed by atoms with E-state index in [0.29, 0.717) is 30.4 Å². The summed E-state index contributed by atoms with van der Waals surface area (Å²) >= 11 is 0. The number of aromatic nitrogens is 6. The highest BCUT2D eigenvalue weighted by Crippen LogP contribution is 2.22. The quantitative estimate of drug-likeness (QED) is 0.694. The average Bonchev–Trinajstić information content (AvgIpc) is 3.05. The number of rotatable bonds is 2. The zero-order valence-corrected chi connectivity index (χ0v) is 13.5. The van der Waals surface area contributed by atoms with Crippen molar-refractivity contribution in [2.75, 3.05) is 36.0 Å². The van der Waals surface area contributed by atoms with Gasteiger partial charge in [0.25, 0.3) is 5.78 Å². The van der Waals surface area contributed by atoms with Gasteiger partial charge in [0.05, 0.1) is 5.69 Å². The third-order valence-electron chi connectivity index (χ3n) is 4.21. The van der Waals surface area contributed by atoms with Gasteiger partial charge in [0, 0.05) is 37.9 Å². The van der Waals surface area contributed by atoms with Crippen molar-refractivity contribution in [3.05, 3.63) is 35.9 Å². The van der Waals surface area contributed by atoms with Crippen molar-refractivity contribution in [2.45, 2.75) is 13.8 Å². The van der Waals surface area contributed by atoms with Crippen LogP contribution in [0.2, 0.25) is 0 Å². The fourth-order valence-electron chi connectivity index (χ4n) is 2.95. The number of hydrogen-bond donors (Lipinski definition) is 0. The van der Waals surface area contributed by atoms with Crippen molar-refractivity contribution in [1.82, 2.24) is 29.5 Å². The van der Waals surface area contributed by atoms with Gasteiger partial charge in [0.15, 0.2) is 11.6 Å². The Morgan fingerprint density at radius 3 is 2.50 bits per heavy atom. The van der Waals surface area contributed by atoms with E-state index < -0.39 is 0 Å². The fraction of sp³-hybridized carbons (Fsp3) is 0.400. The van der Waals surface area contributed by atoms with E-state index in [1.165, 1.54) is 12.7 Å². The lowest BCUT2D eigenvalue weighted by atomic mass is 10.2. The first-order valence-corrected chi connectivity index (χ1v) is 7.78. The number of fused-ring (bicyclic) bond motifs is 1. The minimum absolute atomic E-state index is 0.343. The van der Waals surface area contributed by atoms with Crippen LogP contribution in [-0.4, -0.2) is 55.7 Å². The van der Waals surface area contributed by atoms with Crippen LogP contribution >= 0.6 is 0 Å². The molecule has 124 valence electrons. The highest BCUT2D eigenvalue weighted by atomic mass is 19.1. The Balaban J connectivity index is 1.58. The van der Waals surface area contributed by atoms with E-state index in [1.54, 1.807) is 11.4 Å². The average molecular weight is 328 g/mol. The Hall–Kier alpha value is -2.84. The predicted molar refractivity (Wildman–Crippen MR) is 86.7 cm³/mol. The van der Waals surface area contributed by atoms with Crippen LogP contribution in [0.3, 0.4) is 0 Å². The molecule has 0 amide bonds. The largest absolute Gasteiger partial charge is 0.353 e. The molecule has 3 aromatic heterocycles. The third-order valence-corrected chi connectivity index (χ3v) is 4.21. The minimum atomic E-state index is -0.343. The molecule has 1 aliphatic rings. The smallest absolute Gasteiger partial charge is 0.254 e. The lowest BCUT2D eigenvalue weighted by Gasteiger charge is -2.36. The monoisotopic (exact) mass is 328 g/mol. The Bertz CT molecular complexity index is 884. The van der Waals surface area contributed by atoms with Crippen molar-refractivity contribution in [2.24, 2.45) is 0 Å². The SMILES string of the molecule is Cc1cc(N2CCN(c3ncnc(C)c3F)CC2)n2ncnc2n1. The summed E-state index contributed by atoms with van der Waals surface area (Å²) in [5.74, 6) is 1.57. The van der Waals surface area contributed by atoms with E-state index in [0.717, 1.165) is 24.6 Å². The van der Waals surface area contributed by atoms with Gasteiger partial charge in [0.1, 0.15) is 18.5 Å². The summed E-state index contributed by atoms with van der Waals surface area (Å²) in [7, 11) is 0. The number of halogens is 1. The van der Waals surface area contributed by atoms with Crippen LogP contribution in [-0.2, 0) is 0 Å². The Morgan fingerprint density at radius 2 is 1.71 bits per heavy atom. The lowest BCUT2D eigenvalue weighted by Crippen LogP contribution is -2.47. The molecule has 4 rings (SSSR count). The van der Waals surface area contributed by atoms with Crippen molar-refractivity contribution >= 4 is 17.4 Å². The molecule has 4 heterocycles. The van der Waals surface area contributed by atoms with Crippen LogP contribution in [0.5, 0.6) is 0 Å². The summed E-state index contributed by atoms with van der Waals surface area (Å²) in [5, 5.41) is 4.25. The second kappa shape index (κ2) is 5.66. The molecule has 8 nitrogen and oxygen atoms in total. The van der Waals surface area contributed by atoms with Crippen molar-refractivity contribution in [3.63, 3.8) is 0 Å². The summed E-state index contributed by atoms with van der Waals surface area (Å²) in [5.41, 5.74) is 1.27. The minimum Gasteiger partial charge on any atom is -0.353 e. The van der Waals surface area contributed by atoms with Crippen LogP contribution in [0.4, 0.5) is 16.0 Å². The number of anilines is 2. The van der Waals surface area contributed by atoms with Crippen molar-refractivity contribution in [1.29, 1.82) is 0 Å². The summed E-state index contributed by atoms with van der Waals surface area (Å²) in [6.07, 6.45) is 2.91. The second-order valence-corrected chi connectivity index (χ2v) is 5.80. The van der Waals surface area contributed by atoms with Crippen LogP contribution in [0.15, 0.2) is 18.7 Å². The van der Waals surface area contributed by atoms with E-state index >= 15 is 0 Å². The maximum Gasteiger partial charge on any atom is 0.254 e. The van der Waals surface area contributed by atoms with Gasteiger partial charge in [-0.25, -0.2) is 19.3 Å². The summed E-state index contributed by atoms with van der Waals surface area (Å²) in [6.45, 7) is 6.41. The molecule has 1 aliphatic heterocycles. The Morgan fingerprint density at radius 1 is 0.958 bits per heavy atom. The number of hydrogen-bond acceptors (Lipinski definition) is 7. The molecule has 1 fully saturated rings. The van der Waals surface area contributed by atoms with E-state index in [2.05, 4.69) is 29.9 Å². The van der Waals surface area contributed by atoms with Gasteiger partial charge in [0.2, 0.25) is 0 Å². The van der Waals surface area contributed by atoms with E-state index in [1.807, 2.05) is 17.9 Å². The van der Waals surface area contributed by atoms with Crippen molar-refractivity contribution < 1.29 is 4.39 Å². The van der Waals surface area contributed by atoms with Gasteiger partial charge in [-0.2, -0.15) is 14.6 Å². The molecule has 9 heteroatoms. The van der Waals surface area contributed by atoms with Crippen LogP contribution < -0.4 is 9.80 Å². The van der Waals surface area contributed by atoms with Gasteiger partial charge >= 0.3 is 0 Å². The van der Waals surface area contributed by atoms with E-state index in [-0.39, 0.29) is 5.82 Å². The molecule has 0 saturated carbocycles. The summed E-state index contributed by atoms with van der Waals surface area (Å²) < 4.78 is 15.9. The number of piperazine rings is 1. The molecule has 24 heavy (non-hydrogen) atoms. The van der Waals surface area contributed by atoms with Crippen LogP contribution in [0, 0.1) is 19.7 Å². The molecule has 0 unspecified atom stereocenters. The van der Waals surface area contributed by atoms with Gasteiger partial charge in [-0.3, -0.25) is 0 Å². The standard InChI is InChI=1S/C15H17FN8/c1-10-7-12(24-15(21-10)19-9-20-24)22-3-5-23(6-4-22)14-13(16)11(2)17-8-18-14/h7-9H,3-6H2,1-2H3. The van der Waals surface area contributed by atoms with E-state index in [9.17, 15) is 4.39 Å². The highest BCUT2D eigenvalue weighted by Gasteiger charge is 2.23. The molecule has 0 aliphatic carbocycles. The molecule has 0 N–H and O–H groups in total. The maximum atomic E-state index is 14.2.